The van der Waals surface area contributed by atoms with E-state index in [1.54, 1.807) is 18.3 Å². The molecule has 2 fully saturated rings. The molecular formula is C25H24ClN5O3. The lowest BCUT2D eigenvalue weighted by atomic mass is 10.2. The van der Waals surface area contributed by atoms with Crippen LogP contribution in [-0.2, 0) is 16.0 Å². The summed E-state index contributed by atoms with van der Waals surface area (Å²) in [7, 11) is 0. The van der Waals surface area contributed by atoms with Crippen LogP contribution in [0.1, 0.15) is 11.6 Å². The van der Waals surface area contributed by atoms with Crippen molar-refractivity contribution in [1.82, 2.24) is 14.5 Å². The van der Waals surface area contributed by atoms with Crippen molar-refractivity contribution in [2.45, 2.75) is 18.6 Å². The van der Waals surface area contributed by atoms with Crippen LogP contribution < -0.4 is 15.4 Å². The summed E-state index contributed by atoms with van der Waals surface area (Å²) in [6, 6.07) is 18.4. The molecule has 2 aliphatic rings. The highest BCUT2D eigenvalue weighted by molar-refractivity contribution is 6.30. The molecule has 2 N–H and O–H groups in total. The monoisotopic (exact) mass is 477 g/mol. The second-order valence-electron chi connectivity index (χ2n) is 8.49. The second kappa shape index (κ2) is 9.13. The van der Waals surface area contributed by atoms with Gasteiger partial charge in [0.15, 0.2) is 0 Å². The summed E-state index contributed by atoms with van der Waals surface area (Å²) in [5.74, 6) is 2.07. The zero-order valence-corrected chi connectivity index (χ0v) is 19.2. The van der Waals surface area contributed by atoms with Crippen molar-refractivity contribution in [3.63, 3.8) is 0 Å². The molecule has 0 bridgehead atoms. The predicted molar refractivity (Wildman–Crippen MR) is 131 cm³/mol. The third-order valence-corrected chi connectivity index (χ3v) is 6.20. The Morgan fingerprint density at radius 3 is 2.50 bits per heavy atom. The third kappa shape index (κ3) is 4.40. The standard InChI is InChI=1S/C25H24ClN5O3/c26-17-3-8-24(27-11-17)34-21-5-1-16(2-6-21)10-28-25-30-22-7-4-18(29-19-12-32-13-19)9-23(22)31(25)20-14-33-15-20/h1-9,11,19-20,29H,10,12-15H2,(H,28,30). The van der Waals surface area contributed by atoms with Gasteiger partial charge >= 0.3 is 0 Å². The maximum Gasteiger partial charge on any atom is 0.219 e. The number of nitrogens with one attached hydrogen (secondary N) is 2. The molecule has 0 aliphatic carbocycles. The van der Waals surface area contributed by atoms with Crippen LogP contribution >= 0.6 is 11.6 Å². The SMILES string of the molecule is Clc1ccc(Oc2ccc(CNc3nc4ccc(NC5COC5)cc4n3C3COC3)cc2)nc1. The van der Waals surface area contributed by atoms with E-state index in [1.807, 2.05) is 24.3 Å². The summed E-state index contributed by atoms with van der Waals surface area (Å²) >= 11 is 5.88. The Kier molecular flexibility index (Phi) is 5.70. The summed E-state index contributed by atoms with van der Waals surface area (Å²) in [5, 5.41) is 7.62. The van der Waals surface area contributed by atoms with Crippen molar-refractivity contribution in [1.29, 1.82) is 0 Å². The minimum Gasteiger partial charge on any atom is -0.439 e. The number of aromatic nitrogens is 3. The number of anilines is 2. The molecule has 2 aromatic carbocycles. The van der Waals surface area contributed by atoms with Gasteiger partial charge in [0, 0.05) is 24.5 Å². The van der Waals surface area contributed by atoms with Gasteiger partial charge < -0.3 is 29.4 Å². The number of nitrogens with zero attached hydrogens (tertiary/aromatic N) is 3. The first kappa shape index (κ1) is 21.2. The minimum absolute atomic E-state index is 0.275. The summed E-state index contributed by atoms with van der Waals surface area (Å²) in [6.07, 6.45) is 1.56. The van der Waals surface area contributed by atoms with Gasteiger partial charge in [-0.15, -0.1) is 0 Å². The topological polar surface area (TPSA) is 82.5 Å². The molecule has 0 amide bonds. The number of hydrogen-bond donors (Lipinski definition) is 2. The second-order valence-corrected chi connectivity index (χ2v) is 8.93. The molecule has 0 atom stereocenters. The lowest BCUT2D eigenvalue weighted by molar-refractivity contribution is -0.0207. The van der Waals surface area contributed by atoms with Crippen LogP contribution in [-0.4, -0.2) is 47.0 Å². The highest BCUT2D eigenvalue weighted by Gasteiger charge is 2.26. The molecule has 0 spiro atoms. The molecule has 0 radical (unpaired) electrons. The molecule has 2 saturated heterocycles. The first-order chi connectivity index (χ1) is 16.7. The van der Waals surface area contributed by atoms with Gasteiger partial charge in [0.2, 0.25) is 11.8 Å². The lowest BCUT2D eigenvalue weighted by Crippen LogP contribution is -2.40. The molecule has 8 nitrogen and oxygen atoms in total. The van der Waals surface area contributed by atoms with Crippen molar-refractivity contribution in [2.75, 3.05) is 37.1 Å². The Hall–Kier alpha value is -3.33. The summed E-state index contributed by atoms with van der Waals surface area (Å²) in [6.45, 7) is 3.53. The van der Waals surface area contributed by atoms with Gasteiger partial charge in [-0.25, -0.2) is 9.97 Å². The molecule has 4 aromatic rings. The van der Waals surface area contributed by atoms with Crippen LogP contribution in [0.5, 0.6) is 11.6 Å². The summed E-state index contributed by atoms with van der Waals surface area (Å²) in [5.41, 5.74) is 4.26. The molecule has 0 unspecified atom stereocenters. The van der Waals surface area contributed by atoms with Gasteiger partial charge in [-0.05, 0) is 42.0 Å². The minimum atomic E-state index is 0.275. The van der Waals surface area contributed by atoms with Crippen molar-refractivity contribution >= 4 is 34.3 Å². The Labute approximate surface area is 201 Å². The fourth-order valence-electron chi connectivity index (χ4n) is 4.00. The van der Waals surface area contributed by atoms with Crippen LogP contribution in [0.3, 0.4) is 0 Å². The van der Waals surface area contributed by atoms with Crippen LogP contribution in [0.15, 0.2) is 60.8 Å². The Balaban J connectivity index is 1.17. The first-order valence-corrected chi connectivity index (χ1v) is 11.7. The van der Waals surface area contributed by atoms with Crippen molar-refractivity contribution < 1.29 is 14.2 Å². The van der Waals surface area contributed by atoms with E-state index in [1.165, 1.54) is 0 Å². The van der Waals surface area contributed by atoms with Gasteiger partial charge in [0.05, 0.1) is 54.6 Å². The quantitative estimate of drug-likeness (QED) is 0.374. The van der Waals surface area contributed by atoms with Crippen molar-refractivity contribution in [2.24, 2.45) is 0 Å². The maximum atomic E-state index is 5.88. The van der Waals surface area contributed by atoms with Gasteiger partial charge in [0.1, 0.15) is 5.75 Å². The van der Waals surface area contributed by atoms with E-state index in [0.717, 1.165) is 41.4 Å². The lowest BCUT2D eigenvalue weighted by Gasteiger charge is -2.30. The van der Waals surface area contributed by atoms with Gasteiger partial charge in [-0.2, -0.15) is 0 Å². The van der Waals surface area contributed by atoms with E-state index in [2.05, 4.69) is 38.4 Å². The van der Waals surface area contributed by atoms with Crippen LogP contribution in [0.2, 0.25) is 5.02 Å². The Morgan fingerprint density at radius 1 is 1.00 bits per heavy atom. The molecule has 0 saturated carbocycles. The van der Waals surface area contributed by atoms with E-state index in [9.17, 15) is 0 Å². The highest BCUT2D eigenvalue weighted by Crippen LogP contribution is 2.31. The maximum absolute atomic E-state index is 5.88. The third-order valence-electron chi connectivity index (χ3n) is 5.98. The smallest absolute Gasteiger partial charge is 0.219 e. The average Bonchev–Trinajstić information content (AvgIpc) is 3.14. The number of rotatable bonds is 8. The van der Waals surface area contributed by atoms with Gasteiger partial charge in [0.25, 0.3) is 0 Å². The zero-order valence-electron chi connectivity index (χ0n) is 18.4. The number of pyridine rings is 1. The van der Waals surface area contributed by atoms with Gasteiger partial charge in [-0.3, -0.25) is 0 Å². The zero-order chi connectivity index (χ0) is 22.9. The van der Waals surface area contributed by atoms with E-state index >= 15 is 0 Å². The highest BCUT2D eigenvalue weighted by atomic mass is 35.5. The van der Waals surface area contributed by atoms with Gasteiger partial charge in [-0.1, -0.05) is 23.7 Å². The predicted octanol–water partition coefficient (Wildman–Crippen LogP) is 4.87. The van der Waals surface area contributed by atoms with Crippen molar-refractivity contribution in [3.05, 3.63) is 71.4 Å². The van der Waals surface area contributed by atoms with E-state index < -0.39 is 0 Å². The van der Waals surface area contributed by atoms with E-state index in [4.69, 9.17) is 30.8 Å². The number of ether oxygens (including phenoxy) is 3. The normalized spacial score (nSPS) is 16.1. The molecular weight excluding hydrogens is 454 g/mol. The van der Waals surface area contributed by atoms with E-state index in [0.29, 0.717) is 42.5 Å². The number of halogens is 1. The van der Waals surface area contributed by atoms with Crippen LogP contribution in [0.25, 0.3) is 11.0 Å². The molecule has 9 heteroatoms. The Bertz CT molecular complexity index is 1280. The average molecular weight is 478 g/mol. The molecule has 4 heterocycles. The van der Waals surface area contributed by atoms with Crippen molar-refractivity contribution in [3.8, 4) is 11.6 Å². The summed E-state index contributed by atoms with van der Waals surface area (Å²) < 4.78 is 18.8. The largest absolute Gasteiger partial charge is 0.439 e. The molecule has 6 rings (SSSR count). The number of benzene rings is 2. The molecule has 2 aliphatic heterocycles. The fourth-order valence-corrected chi connectivity index (χ4v) is 4.12. The first-order valence-electron chi connectivity index (χ1n) is 11.3. The molecule has 2 aromatic heterocycles. The fraction of sp³-hybridized carbons (Fsp3) is 0.280. The van der Waals surface area contributed by atoms with Crippen LogP contribution in [0.4, 0.5) is 11.6 Å². The summed E-state index contributed by atoms with van der Waals surface area (Å²) in [4.78, 5) is 9.03. The number of imidazole rings is 1. The number of hydrogen-bond acceptors (Lipinski definition) is 7. The van der Waals surface area contributed by atoms with Crippen LogP contribution in [0, 0.1) is 0 Å². The molecule has 34 heavy (non-hydrogen) atoms. The Morgan fingerprint density at radius 2 is 1.82 bits per heavy atom. The van der Waals surface area contributed by atoms with E-state index in [-0.39, 0.29) is 6.04 Å². The molecule has 174 valence electrons. The number of fused-ring (bicyclic) bond motifs is 1.